The molecule has 3 fully saturated rings. The number of carbonyl (C=O) groups excluding carboxylic acids is 5. The second-order valence-electron chi connectivity index (χ2n) is 19.9. The van der Waals surface area contributed by atoms with Crippen molar-refractivity contribution < 1.29 is 33.4 Å². The third kappa shape index (κ3) is 8.91. The van der Waals surface area contributed by atoms with Crippen LogP contribution in [0.15, 0.2) is 65.8 Å². The first-order valence-electron chi connectivity index (χ1n) is 23.3. The van der Waals surface area contributed by atoms with Crippen LogP contribution in [0.1, 0.15) is 90.0 Å². The number of nitrogens with zero attached hydrogens (tertiary/aromatic N) is 5. The number of ether oxygens (including phenoxy) is 2. The van der Waals surface area contributed by atoms with Gasteiger partial charge in [-0.1, -0.05) is 64.6 Å². The van der Waals surface area contributed by atoms with Gasteiger partial charge in [0, 0.05) is 80.6 Å². The fraction of sp³-hybridized carbons (Fsp3) is 0.529. The summed E-state index contributed by atoms with van der Waals surface area (Å²) in [5.74, 6) is -1.86. The van der Waals surface area contributed by atoms with Crippen LogP contribution in [0.3, 0.4) is 0 Å². The van der Waals surface area contributed by atoms with Gasteiger partial charge in [0.2, 0.25) is 17.7 Å². The molecule has 65 heavy (non-hydrogen) atoms. The van der Waals surface area contributed by atoms with Gasteiger partial charge in [0.05, 0.1) is 23.8 Å². The number of likely N-dealkylation sites (tertiary alicyclic amines) is 2. The molecule has 3 aromatic rings. The fourth-order valence-electron chi connectivity index (χ4n) is 10.8. The number of rotatable bonds is 8. The molecule has 14 heteroatoms. The molecule has 5 aliphatic heterocycles. The lowest BCUT2D eigenvalue weighted by Crippen LogP contribution is -2.62. The first kappa shape index (κ1) is 45.9. The maximum atomic E-state index is 14.7. The molecule has 8 rings (SSSR count). The van der Waals surface area contributed by atoms with E-state index in [1.165, 1.54) is 11.1 Å². The Morgan fingerprint density at radius 3 is 2.57 bits per heavy atom. The van der Waals surface area contributed by atoms with E-state index in [9.17, 15) is 24.0 Å². The standard InChI is InChI=1S/C51H65N7O7/c1-9-42(59)56-23-19-51(29-56)20-24-57(49(51)63)44(31(2)3)46(60)53-40-26-33-13-10-14-34(25-33)35-17-18-41-37(27-35)38(45(55(41)7)36-15-11-21-52-43(36)32(4)64-8)28-50(5,6)30-65-48(62)39-16-12-22-58(54-39)47(40)61/h9-10,13-14,17-18,21,25,27,31-32,39-40,44,54H,1,11-12,15-16,19-20,22-24,26,28-30H2,2-8H3,(H,53,60)/t32-,39-,40-,44-,51?/m0/s1. The molecule has 5 aliphatic rings. The highest BCUT2D eigenvalue weighted by molar-refractivity contribution is 5.97. The van der Waals surface area contributed by atoms with E-state index in [0.29, 0.717) is 58.3 Å². The number of methoxy groups -OCH3 is 1. The molecule has 4 amide bonds. The van der Waals surface area contributed by atoms with Gasteiger partial charge in [-0.3, -0.25) is 34.0 Å². The van der Waals surface area contributed by atoms with Gasteiger partial charge >= 0.3 is 5.97 Å². The molecule has 0 aliphatic carbocycles. The van der Waals surface area contributed by atoms with Gasteiger partial charge in [-0.05, 0) is 98.2 Å². The average Bonchev–Trinajstić information content (AvgIpc) is 3.96. The summed E-state index contributed by atoms with van der Waals surface area (Å²) in [6.07, 6.45) is 7.55. The van der Waals surface area contributed by atoms with E-state index < -0.39 is 40.8 Å². The minimum absolute atomic E-state index is 0.142. The quantitative estimate of drug-likeness (QED) is 0.214. The number of aryl methyl sites for hydroxylation is 1. The highest BCUT2D eigenvalue weighted by Crippen LogP contribution is 2.43. The molecule has 5 atom stereocenters. The van der Waals surface area contributed by atoms with Gasteiger partial charge in [-0.2, -0.15) is 0 Å². The SMILES string of the molecule is C=CC(=O)N1CCC2(CCN([C@H](C(=O)N[C@H]3Cc4cccc(c4)-c4ccc5c(c4)c(c(C4=C([C@H](C)OC)N=CCC4)n5C)CC(C)(C)COC(=O)[C@@H]4CCCN(N4)C3=O)C(C)C)C2=O)C1. The van der Waals surface area contributed by atoms with Crippen molar-refractivity contribution in [2.24, 2.45) is 28.8 Å². The van der Waals surface area contributed by atoms with E-state index in [2.05, 4.69) is 73.1 Å². The number of aromatic nitrogens is 1. The molecule has 6 bridgehead atoms. The fourth-order valence-corrected chi connectivity index (χ4v) is 10.8. The third-order valence-corrected chi connectivity index (χ3v) is 14.3. The van der Waals surface area contributed by atoms with Gasteiger partial charge in [-0.25, -0.2) is 5.43 Å². The lowest BCUT2D eigenvalue weighted by molar-refractivity contribution is -0.155. The zero-order valence-corrected chi connectivity index (χ0v) is 39.1. The summed E-state index contributed by atoms with van der Waals surface area (Å²) in [4.78, 5) is 78.2. The number of benzene rings is 2. The summed E-state index contributed by atoms with van der Waals surface area (Å²) in [5.41, 5.74) is 10.1. The van der Waals surface area contributed by atoms with Crippen LogP contribution in [-0.2, 0) is 53.3 Å². The minimum Gasteiger partial charge on any atom is -0.464 e. The normalized spacial score (nSPS) is 24.7. The van der Waals surface area contributed by atoms with Crippen molar-refractivity contribution in [2.75, 3.05) is 39.9 Å². The number of aliphatic imine (C=N–C) groups is 1. The average molecular weight is 888 g/mol. The first-order valence-corrected chi connectivity index (χ1v) is 23.3. The molecule has 346 valence electrons. The highest BCUT2D eigenvalue weighted by Gasteiger charge is 2.54. The van der Waals surface area contributed by atoms with E-state index >= 15 is 0 Å². The Morgan fingerprint density at radius 1 is 1.05 bits per heavy atom. The van der Waals surface area contributed by atoms with Crippen molar-refractivity contribution in [3.63, 3.8) is 0 Å². The lowest BCUT2D eigenvalue weighted by Gasteiger charge is -2.37. The van der Waals surface area contributed by atoms with E-state index in [4.69, 9.17) is 14.5 Å². The van der Waals surface area contributed by atoms with Gasteiger partial charge in [-0.15, -0.1) is 0 Å². The van der Waals surface area contributed by atoms with E-state index in [-0.39, 0.29) is 42.8 Å². The summed E-state index contributed by atoms with van der Waals surface area (Å²) in [7, 11) is 3.81. The van der Waals surface area contributed by atoms with Crippen LogP contribution in [-0.4, -0.2) is 119 Å². The largest absolute Gasteiger partial charge is 0.464 e. The third-order valence-electron chi connectivity index (χ3n) is 14.3. The van der Waals surface area contributed by atoms with Crippen LogP contribution in [0.5, 0.6) is 0 Å². The molecule has 1 spiro atoms. The number of hydrazine groups is 1. The Hall–Kier alpha value is -5.60. The Balaban J connectivity index is 1.17. The molecular formula is C51H65N7O7. The zero-order valence-electron chi connectivity index (χ0n) is 39.1. The summed E-state index contributed by atoms with van der Waals surface area (Å²) in [6, 6.07) is 12.0. The maximum Gasteiger partial charge on any atom is 0.324 e. The summed E-state index contributed by atoms with van der Waals surface area (Å²) in [6.45, 7) is 15.3. The molecule has 14 nitrogen and oxygen atoms in total. The minimum atomic E-state index is -1.03. The van der Waals surface area contributed by atoms with Gasteiger partial charge < -0.3 is 29.2 Å². The summed E-state index contributed by atoms with van der Waals surface area (Å²) in [5, 5.41) is 5.66. The molecule has 1 unspecified atom stereocenters. The van der Waals surface area contributed by atoms with Crippen LogP contribution < -0.4 is 10.7 Å². The van der Waals surface area contributed by atoms with Crippen LogP contribution in [0.25, 0.3) is 27.6 Å². The topological polar surface area (TPSA) is 155 Å². The van der Waals surface area contributed by atoms with Crippen molar-refractivity contribution in [2.45, 2.75) is 110 Å². The Bertz CT molecular complexity index is 2470. The van der Waals surface area contributed by atoms with Gasteiger partial charge in [0.25, 0.3) is 5.91 Å². The molecule has 2 N–H and O–H groups in total. The molecule has 0 saturated carbocycles. The zero-order chi connectivity index (χ0) is 46.4. The number of fused-ring (bicyclic) bond motifs is 6. The predicted molar refractivity (Wildman–Crippen MR) is 250 cm³/mol. The van der Waals surface area contributed by atoms with Crippen molar-refractivity contribution in [1.82, 2.24) is 30.1 Å². The van der Waals surface area contributed by atoms with Crippen LogP contribution in [0.2, 0.25) is 0 Å². The maximum absolute atomic E-state index is 14.7. The molecule has 2 aromatic carbocycles. The number of hydrogen-bond donors (Lipinski definition) is 2. The molecular weight excluding hydrogens is 823 g/mol. The molecule has 0 radical (unpaired) electrons. The summed E-state index contributed by atoms with van der Waals surface area (Å²) >= 11 is 0. The number of esters is 1. The van der Waals surface area contributed by atoms with Crippen molar-refractivity contribution in [3.05, 3.63) is 77.6 Å². The Labute approximate surface area is 382 Å². The van der Waals surface area contributed by atoms with Gasteiger partial charge in [0.1, 0.15) is 18.1 Å². The monoisotopic (exact) mass is 887 g/mol. The highest BCUT2D eigenvalue weighted by atomic mass is 16.5. The Morgan fingerprint density at radius 2 is 1.82 bits per heavy atom. The lowest BCUT2D eigenvalue weighted by atomic mass is 9.83. The predicted octanol–water partition coefficient (Wildman–Crippen LogP) is 5.77. The summed E-state index contributed by atoms with van der Waals surface area (Å²) < 4.78 is 14.2. The number of amides is 4. The van der Waals surface area contributed by atoms with Crippen molar-refractivity contribution in [3.8, 4) is 11.1 Å². The second kappa shape index (κ2) is 18.4. The smallest absolute Gasteiger partial charge is 0.324 e. The molecule has 6 heterocycles. The van der Waals surface area contributed by atoms with Crippen LogP contribution in [0.4, 0.5) is 0 Å². The van der Waals surface area contributed by atoms with Crippen molar-refractivity contribution >= 4 is 52.3 Å². The van der Waals surface area contributed by atoms with E-state index in [1.807, 2.05) is 39.1 Å². The van der Waals surface area contributed by atoms with E-state index in [1.54, 1.807) is 16.9 Å². The van der Waals surface area contributed by atoms with E-state index in [0.717, 1.165) is 63.0 Å². The Kier molecular flexibility index (Phi) is 13.0. The first-order chi connectivity index (χ1) is 31.0. The molecule has 3 saturated heterocycles. The number of allylic oxidation sites excluding steroid dienone is 1. The molecule has 1 aromatic heterocycles. The van der Waals surface area contributed by atoms with Crippen LogP contribution >= 0.6 is 0 Å². The number of cyclic esters (lactones) is 1. The van der Waals surface area contributed by atoms with Gasteiger partial charge in [0.15, 0.2) is 0 Å². The van der Waals surface area contributed by atoms with Crippen molar-refractivity contribution in [1.29, 1.82) is 0 Å². The number of hydrogen-bond acceptors (Lipinski definition) is 9. The van der Waals surface area contributed by atoms with Crippen LogP contribution in [0, 0.1) is 16.7 Å². The number of nitrogens with one attached hydrogen (secondary N) is 2. The second-order valence-corrected chi connectivity index (χ2v) is 19.9. The number of carbonyl (C=O) groups is 5.